The third kappa shape index (κ3) is 2.84. The summed E-state index contributed by atoms with van der Waals surface area (Å²) in [5.41, 5.74) is 3.54. The van der Waals surface area contributed by atoms with Gasteiger partial charge in [0, 0.05) is 48.1 Å². The molecular formula is C17H20N2O3. The highest BCUT2D eigenvalue weighted by atomic mass is 16.5. The van der Waals surface area contributed by atoms with Crippen LogP contribution in [0.5, 0.6) is 0 Å². The lowest BCUT2D eigenvalue weighted by Crippen LogP contribution is -2.36. The number of rotatable bonds is 4. The maximum absolute atomic E-state index is 12.3. The van der Waals surface area contributed by atoms with Gasteiger partial charge in [0.05, 0.1) is 13.0 Å². The zero-order valence-corrected chi connectivity index (χ0v) is 12.7. The zero-order valence-electron chi connectivity index (χ0n) is 12.7. The van der Waals surface area contributed by atoms with Crippen LogP contribution in [0.1, 0.15) is 31.0 Å². The van der Waals surface area contributed by atoms with E-state index in [1.807, 2.05) is 17.0 Å². The third-order valence-electron chi connectivity index (χ3n) is 4.08. The lowest BCUT2D eigenvalue weighted by molar-refractivity contribution is -0.145. The molecule has 0 aliphatic carbocycles. The van der Waals surface area contributed by atoms with Gasteiger partial charge in [0.1, 0.15) is 0 Å². The number of hydrogen-bond donors (Lipinski definition) is 1. The highest BCUT2D eigenvalue weighted by Gasteiger charge is 2.24. The van der Waals surface area contributed by atoms with Gasteiger partial charge in [-0.2, -0.15) is 0 Å². The Morgan fingerprint density at radius 3 is 2.91 bits per heavy atom. The second-order valence-electron chi connectivity index (χ2n) is 5.50. The van der Waals surface area contributed by atoms with Crippen molar-refractivity contribution in [3.8, 4) is 0 Å². The van der Waals surface area contributed by atoms with Crippen LogP contribution in [0.15, 0.2) is 24.3 Å². The molecule has 1 aromatic carbocycles. The molecular weight excluding hydrogens is 280 g/mol. The monoisotopic (exact) mass is 300 g/mol. The van der Waals surface area contributed by atoms with Gasteiger partial charge in [0.2, 0.25) is 5.91 Å². The van der Waals surface area contributed by atoms with Gasteiger partial charge < -0.3 is 14.6 Å². The second kappa shape index (κ2) is 6.22. The molecule has 0 spiro atoms. The number of nitrogens with one attached hydrogen (secondary N) is 1. The minimum absolute atomic E-state index is 0.0176. The van der Waals surface area contributed by atoms with Crippen LogP contribution in [0, 0.1) is 0 Å². The van der Waals surface area contributed by atoms with E-state index in [1.165, 1.54) is 16.6 Å². The first-order valence-corrected chi connectivity index (χ1v) is 7.71. The number of ether oxygens (including phenoxy) is 1. The minimum Gasteiger partial charge on any atom is -0.466 e. The van der Waals surface area contributed by atoms with Crippen molar-refractivity contribution in [3.63, 3.8) is 0 Å². The van der Waals surface area contributed by atoms with Crippen LogP contribution in [0.3, 0.4) is 0 Å². The van der Waals surface area contributed by atoms with Crippen molar-refractivity contribution in [2.75, 3.05) is 13.2 Å². The third-order valence-corrected chi connectivity index (χ3v) is 4.08. The summed E-state index contributed by atoms with van der Waals surface area (Å²) in [7, 11) is 0. The standard InChI is InChI=1S/C17H20N2O3/c1-2-22-17(21)8-7-16(20)19-10-9-15-13(11-19)12-5-3-4-6-14(12)18-15/h3-6,18H,2,7-11H2,1H3. The van der Waals surface area contributed by atoms with Crippen LogP contribution in [0.2, 0.25) is 0 Å². The molecule has 116 valence electrons. The molecule has 0 atom stereocenters. The van der Waals surface area contributed by atoms with Crippen molar-refractivity contribution in [3.05, 3.63) is 35.5 Å². The van der Waals surface area contributed by atoms with E-state index in [2.05, 4.69) is 17.1 Å². The predicted molar refractivity (Wildman–Crippen MR) is 83.3 cm³/mol. The Hall–Kier alpha value is -2.30. The molecule has 22 heavy (non-hydrogen) atoms. The SMILES string of the molecule is CCOC(=O)CCC(=O)N1CCc2[nH]c3ccccc3c2C1. The Bertz CT molecular complexity index is 705. The van der Waals surface area contributed by atoms with Crippen molar-refractivity contribution in [1.29, 1.82) is 0 Å². The number of fused-ring (bicyclic) bond motifs is 3. The van der Waals surface area contributed by atoms with E-state index in [0.717, 1.165) is 11.9 Å². The molecule has 5 heteroatoms. The van der Waals surface area contributed by atoms with Crippen LogP contribution in [-0.2, 0) is 27.3 Å². The van der Waals surface area contributed by atoms with Crippen molar-refractivity contribution in [2.45, 2.75) is 32.7 Å². The summed E-state index contributed by atoms with van der Waals surface area (Å²) in [5.74, 6) is -0.287. The van der Waals surface area contributed by atoms with Crippen LogP contribution in [0.4, 0.5) is 0 Å². The van der Waals surface area contributed by atoms with E-state index in [0.29, 0.717) is 19.7 Å². The van der Waals surface area contributed by atoms with Crippen molar-refractivity contribution >= 4 is 22.8 Å². The quantitative estimate of drug-likeness (QED) is 0.882. The van der Waals surface area contributed by atoms with Crippen molar-refractivity contribution < 1.29 is 14.3 Å². The van der Waals surface area contributed by atoms with Gasteiger partial charge in [-0.15, -0.1) is 0 Å². The highest BCUT2D eigenvalue weighted by Crippen LogP contribution is 2.27. The Morgan fingerprint density at radius 2 is 2.09 bits per heavy atom. The van der Waals surface area contributed by atoms with E-state index >= 15 is 0 Å². The number of aromatic nitrogens is 1. The Morgan fingerprint density at radius 1 is 1.27 bits per heavy atom. The molecule has 1 N–H and O–H groups in total. The first-order valence-electron chi connectivity index (χ1n) is 7.71. The van der Waals surface area contributed by atoms with Crippen LogP contribution in [-0.4, -0.2) is 34.9 Å². The van der Waals surface area contributed by atoms with Crippen molar-refractivity contribution in [1.82, 2.24) is 9.88 Å². The summed E-state index contributed by atoms with van der Waals surface area (Å²) >= 11 is 0. The minimum atomic E-state index is -0.305. The van der Waals surface area contributed by atoms with Gasteiger partial charge in [-0.25, -0.2) is 0 Å². The van der Waals surface area contributed by atoms with Gasteiger partial charge >= 0.3 is 5.97 Å². The van der Waals surface area contributed by atoms with E-state index in [-0.39, 0.29) is 24.7 Å². The predicted octanol–water partition coefficient (Wildman–Crippen LogP) is 2.40. The zero-order chi connectivity index (χ0) is 15.5. The molecule has 0 unspecified atom stereocenters. The number of hydrogen-bond acceptors (Lipinski definition) is 3. The summed E-state index contributed by atoms with van der Waals surface area (Å²) in [5, 5.41) is 1.18. The van der Waals surface area contributed by atoms with Crippen molar-refractivity contribution in [2.24, 2.45) is 0 Å². The van der Waals surface area contributed by atoms with E-state index in [1.54, 1.807) is 6.92 Å². The molecule has 0 fully saturated rings. The van der Waals surface area contributed by atoms with Crippen LogP contribution >= 0.6 is 0 Å². The molecule has 2 aromatic rings. The smallest absolute Gasteiger partial charge is 0.306 e. The Kier molecular flexibility index (Phi) is 4.13. The normalized spacial score (nSPS) is 14.0. The van der Waals surface area contributed by atoms with Gasteiger partial charge in [0.15, 0.2) is 0 Å². The van der Waals surface area contributed by atoms with Gasteiger partial charge in [-0.1, -0.05) is 18.2 Å². The Balaban J connectivity index is 1.68. The van der Waals surface area contributed by atoms with E-state index in [9.17, 15) is 9.59 Å². The van der Waals surface area contributed by atoms with E-state index in [4.69, 9.17) is 4.74 Å². The van der Waals surface area contributed by atoms with Crippen LogP contribution < -0.4 is 0 Å². The van der Waals surface area contributed by atoms with Gasteiger partial charge in [-0.3, -0.25) is 9.59 Å². The molecule has 1 amide bonds. The number of para-hydroxylation sites is 1. The fraction of sp³-hybridized carbons (Fsp3) is 0.412. The maximum atomic E-state index is 12.3. The molecule has 5 nitrogen and oxygen atoms in total. The van der Waals surface area contributed by atoms with Gasteiger partial charge in [-0.05, 0) is 13.0 Å². The first kappa shape index (κ1) is 14.6. The lowest BCUT2D eigenvalue weighted by atomic mass is 10.0. The number of nitrogens with zero attached hydrogens (tertiary/aromatic N) is 1. The molecule has 0 radical (unpaired) electrons. The molecule has 1 aliphatic rings. The largest absolute Gasteiger partial charge is 0.466 e. The molecule has 1 aliphatic heterocycles. The fourth-order valence-corrected chi connectivity index (χ4v) is 2.98. The molecule has 0 saturated carbocycles. The van der Waals surface area contributed by atoms with Crippen LogP contribution in [0.25, 0.3) is 10.9 Å². The molecule has 0 bridgehead atoms. The highest BCUT2D eigenvalue weighted by molar-refractivity contribution is 5.86. The average molecular weight is 300 g/mol. The van der Waals surface area contributed by atoms with Gasteiger partial charge in [0.25, 0.3) is 0 Å². The fourth-order valence-electron chi connectivity index (χ4n) is 2.98. The Labute approximate surface area is 129 Å². The summed E-state index contributed by atoms with van der Waals surface area (Å²) < 4.78 is 4.87. The summed E-state index contributed by atoms with van der Waals surface area (Å²) in [6, 6.07) is 8.16. The number of carbonyl (C=O) groups excluding carboxylic acids is 2. The lowest BCUT2D eigenvalue weighted by Gasteiger charge is -2.27. The summed E-state index contributed by atoms with van der Waals surface area (Å²) in [4.78, 5) is 28.9. The topological polar surface area (TPSA) is 62.4 Å². The number of amides is 1. The molecule has 3 rings (SSSR count). The molecule has 1 aromatic heterocycles. The molecule has 0 saturated heterocycles. The first-order chi connectivity index (χ1) is 10.7. The maximum Gasteiger partial charge on any atom is 0.306 e. The summed E-state index contributed by atoms with van der Waals surface area (Å²) in [6.45, 7) is 3.43. The average Bonchev–Trinajstić information content (AvgIpc) is 2.90. The number of aromatic amines is 1. The second-order valence-corrected chi connectivity index (χ2v) is 5.50. The number of esters is 1. The number of H-pyrrole nitrogens is 1. The number of carbonyl (C=O) groups is 2. The number of benzene rings is 1. The van der Waals surface area contributed by atoms with E-state index < -0.39 is 0 Å². The summed E-state index contributed by atoms with van der Waals surface area (Å²) in [6.07, 6.45) is 1.20. The molecule has 2 heterocycles.